The normalized spacial score (nSPS) is 12.1. The van der Waals surface area contributed by atoms with Crippen molar-refractivity contribution in [1.82, 2.24) is 4.90 Å². The van der Waals surface area contributed by atoms with Crippen LogP contribution in [-0.2, 0) is 0 Å². The molecule has 0 radical (unpaired) electrons. The minimum absolute atomic E-state index is 0.00761. The summed E-state index contributed by atoms with van der Waals surface area (Å²) in [6.07, 6.45) is -0.0795. The Bertz CT molecular complexity index is 840. The van der Waals surface area contributed by atoms with Crippen molar-refractivity contribution in [3.8, 4) is 0 Å². The van der Waals surface area contributed by atoms with Gasteiger partial charge < -0.3 is 10.0 Å². The van der Waals surface area contributed by atoms with Gasteiger partial charge in [-0.25, -0.2) is 0 Å². The van der Waals surface area contributed by atoms with Gasteiger partial charge in [-0.15, -0.1) is 0 Å². The number of carbonyl (C=O) groups is 1. The number of hydrogen-bond donors (Lipinski definition) is 1. The molecule has 0 bridgehead atoms. The first kappa shape index (κ1) is 17.2. The van der Waals surface area contributed by atoms with E-state index in [1.54, 1.807) is 4.90 Å². The van der Waals surface area contributed by atoms with Gasteiger partial charge in [0.25, 0.3) is 5.91 Å². The Balaban J connectivity index is 1.72. The summed E-state index contributed by atoms with van der Waals surface area (Å²) in [5, 5.41) is 12.9. The summed E-state index contributed by atoms with van der Waals surface area (Å²) in [5.41, 5.74) is 1.60. The number of aliphatic hydroxyl groups excluding tert-OH is 1. The summed E-state index contributed by atoms with van der Waals surface area (Å²) < 4.78 is 0. The van der Waals surface area contributed by atoms with Crippen molar-refractivity contribution in [3.05, 3.63) is 83.9 Å². The molecule has 0 saturated heterocycles. The molecule has 0 aliphatic carbocycles. The zero-order valence-electron chi connectivity index (χ0n) is 14.4. The monoisotopic (exact) mass is 333 g/mol. The second-order valence-corrected chi connectivity index (χ2v) is 6.12. The van der Waals surface area contributed by atoms with Crippen LogP contribution in [0.5, 0.6) is 0 Å². The molecule has 3 aromatic carbocycles. The molecule has 0 fully saturated rings. The van der Waals surface area contributed by atoms with Crippen LogP contribution < -0.4 is 0 Å². The van der Waals surface area contributed by atoms with Crippen molar-refractivity contribution in [2.45, 2.75) is 19.4 Å². The maximum Gasteiger partial charge on any atom is 0.253 e. The van der Waals surface area contributed by atoms with E-state index < -0.39 is 6.10 Å². The third kappa shape index (κ3) is 3.89. The van der Waals surface area contributed by atoms with Gasteiger partial charge in [-0.3, -0.25) is 4.79 Å². The minimum atomic E-state index is -0.594. The largest absolute Gasteiger partial charge is 0.388 e. The van der Waals surface area contributed by atoms with Crippen LogP contribution in [0, 0.1) is 0 Å². The van der Waals surface area contributed by atoms with Crippen LogP contribution in [0.3, 0.4) is 0 Å². The minimum Gasteiger partial charge on any atom is -0.388 e. The van der Waals surface area contributed by atoms with E-state index in [0.717, 1.165) is 16.3 Å². The third-order valence-corrected chi connectivity index (χ3v) is 4.54. The van der Waals surface area contributed by atoms with Crippen molar-refractivity contribution in [3.63, 3.8) is 0 Å². The Hall–Kier alpha value is -2.65. The molecule has 0 heterocycles. The smallest absolute Gasteiger partial charge is 0.253 e. The molecule has 0 saturated carbocycles. The summed E-state index contributed by atoms with van der Waals surface area (Å²) in [4.78, 5) is 14.4. The zero-order chi connectivity index (χ0) is 17.6. The second-order valence-electron chi connectivity index (χ2n) is 6.12. The predicted octanol–water partition coefficient (Wildman–Crippen LogP) is 4.43. The fourth-order valence-corrected chi connectivity index (χ4v) is 3.14. The van der Waals surface area contributed by atoms with Crippen molar-refractivity contribution in [2.75, 3.05) is 13.1 Å². The van der Waals surface area contributed by atoms with Crippen LogP contribution in [0.15, 0.2) is 72.8 Å². The van der Waals surface area contributed by atoms with Gasteiger partial charge in [0.05, 0.1) is 6.10 Å². The summed E-state index contributed by atoms with van der Waals surface area (Å²) in [7, 11) is 0. The lowest BCUT2D eigenvalue weighted by Crippen LogP contribution is -2.32. The van der Waals surface area contributed by atoms with Crippen LogP contribution in [-0.4, -0.2) is 29.0 Å². The molecule has 1 unspecified atom stereocenters. The number of hydrogen-bond acceptors (Lipinski definition) is 2. The van der Waals surface area contributed by atoms with Gasteiger partial charge in [-0.1, -0.05) is 60.7 Å². The molecular formula is C22H23NO2. The van der Waals surface area contributed by atoms with Crippen molar-refractivity contribution in [1.29, 1.82) is 0 Å². The maximum atomic E-state index is 12.6. The highest BCUT2D eigenvalue weighted by molar-refractivity contribution is 5.94. The number of aliphatic hydroxyl groups is 1. The molecule has 128 valence electrons. The number of nitrogens with zero attached hydrogens (tertiary/aromatic N) is 1. The van der Waals surface area contributed by atoms with E-state index in [-0.39, 0.29) is 5.91 Å². The lowest BCUT2D eigenvalue weighted by atomic mass is 9.98. The molecule has 0 aromatic heterocycles. The van der Waals surface area contributed by atoms with Crippen LogP contribution in [0.4, 0.5) is 0 Å². The van der Waals surface area contributed by atoms with Gasteiger partial charge in [0, 0.05) is 18.7 Å². The Kier molecular flexibility index (Phi) is 5.46. The van der Waals surface area contributed by atoms with E-state index >= 15 is 0 Å². The topological polar surface area (TPSA) is 40.5 Å². The van der Waals surface area contributed by atoms with Crippen molar-refractivity contribution in [2.24, 2.45) is 0 Å². The van der Waals surface area contributed by atoms with Crippen molar-refractivity contribution >= 4 is 16.7 Å². The highest BCUT2D eigenvalue weighted by Crippen LogP contribution is 2.26. The highest BCUT2D eigenvalue weighted by Gasteiger charge is 2.17. The maximum absolute atomic E-state index is 12.6. The first-order chi connectivity index (χ1) is 12.2. The van der Waals surface area contributed by atoms with Gasteiger partial charge in [0.1, 0.15) is 0 Å². The number of benzene rings is 3. The predicted molar refractivity (Wildman–Crippen MR) is 102 cm³/mol. The molecule has 25 heavy (non-hydrogen) atoms. The first-order valence-corrected chi connectivity index (χ1v) is 8.70. The van der Waals surface area contributed by atoms with Gasteiger partial charge in [0.15, 0.2) is 0 Å². The Morgan fingerprint density at radius 1 is 0.960 bits per heavy atom. The SMILES string of the molecule is CCN(CCC(O)c1cccc2ccccc12)C(=O)c1ccccc1. The van der Waals surface area contributed by atoms with Crippen LogP contribution in [0.1, 0.15) is 35.4 Å². The molecule has 0 aliphatic rings. The van der Waals surface area contributed by atoms with E-state index in [2.05, 4.69) is 0 Å². The van der Waals surface area contributed by atoms with E-state index in [0.29, 0.717) is 25.1 Å². The van der Waals surface area contributed by atoms with E-state index in [9.17, 15) is 9.90 Å². The van der Waals surface area contributed by atoms with Crippen LogP contribution in [0.25, 0.3) is 10.8 Å². The van der Waals surface area contributed by atoms with E-state index in [1.807, 2.05) is 79.7 Å². The van der Waals surface area contributed by atoms with E-state index in [1.165, 1.54) is 0 Å². The molecule has 3 nitrogen and oxygen atoms in total. The molecule has 1 amide bonds. The molecular weight excluding hydrogens is 310 g/mol. The van der Waals surface area contributed by atoms with Gasteiger partial charge >= 0.3 is 0 Å². The number of rotatable bonds is 6. The highest BCUT2D eigenvalue weighted by atomic mass is 16.3. The number of fused-ring (bicyclic) bond motifs is 1. The Morgan fingerprint density at radius 2 is 1.64 bits per heavy atom. The third-order valence-electron chi connectivity index (χ3n) is 4.54. The number of carbonyl (C=O) groups excluding carboxylic acids is 1. The summed E-state index contributed by atoms with van der Waals surface area (Å²) in [6.45, 7) is 3.11. The molecule has 3 aromatic rings. The summed E-state index contributed by atoms with van der Waals surface area (Å²) >= 11 is 0. The Morgan fingerprint density at radius 3 is 2.40 bits per heavy atom. The lowest BCUT2D eigenvalue weighted by Gasteiger charge is -2.23. The molecule has 0 aliphatic heterocycles. The standard InChI is InChI=1S/C22H23NO2/c1-2-23(22(25)18-10-4-3-5-11-18)16-15-21(24)20-14-8-12-17-9-6-7-13-19(17)20/h3-14,21,24H,2,15-16H2,1H3. The van der Waals surface area contributed by atoms with Crippen LogP contribution in [0.2, 0.25) is 0 Å². The summed E-state index contributed by atoms with van der Waals surface area (Å²) in [6, 6.07) is 23.3. The lowest BCUT2D eigenvalue weighted by molar-refractivity contribution is 0.0726. The molecule has 3 heteroatoms. The van der Waals surface area contributed by atoms with Crippen molar-refractivity contribution < 1.29 is 9.90 Å². The fraction of sp³-hybridized carbons (Fsp3) is 0.227. The summed E-state index contributed by atoms with van der Waals surface area (Å²) in [5.74, 6) is 0.00761. The fourth-order valence-electron chi connectivity index (χ4n) is 3.14. The average Bonchev–Trinajstić information content (AvgIpc) is 2.68. The second kappa shape index (κ2) is 7.95. The molecule has 1 atom stereocenters. The van der Waals surface area contributed by atoms with Crippen LogP contribution >= 0.6 is 0 Å². The number of amides is 1. The van der Waals surface area contributed by atoms with Gasteiger partial charge in [-0.05, 0) is 41.8 Å². The average molecular weight is 333 g/mol. The first-order valence-electron chi connectivity index (χ1n) is 8.70. The zero-order valence-corrected chi connectivity index (χ0v) is 14.4. The molecule has 3 rings (SSSR count). The Labute approximate surface area is 148 Å². The van der Waals surface area contributed by atoms with Gasteiger partial charge in [-0.2, -0.15) is 0 Å². The van der Waals surface area contributed by atoms with Gasteiger partial charge in [0.2, 0.25) is 0 Å². The van der Waals surface area contributed by atoms with E-state index in [4.69, 9.17) is 0 Å². The quantitative estimate of drug-likeness (QED) is 0.725. The molecule has 0 spiro atoms. The molecule has 1 N–H and O–H groups in total.